The molecule has 1 fully saturated rings. The number of aromatic carboxylic acids is 1. The van der Waals surface area contributed by atoms with Gasteiger partial charge in [-0.25, -0.2) is 4.79 Å². The Bertz CT molecular complexity index is 468. The number of carboxylic acids is 1. The average molecular weight is 264 g/mol. The number of carboxylic acid groups (broad SMARTS) is 1. The Kier molecular flexibility index (Phi) is 3.95. The number of nitrogens with two attached hydrogens (primary N) is 2. The molecule has 0 atom stereocenters. The first-order valence-corrected chi connectivity index (χ1v) is 6.52. The summed E-state index contributed by atoms with van der Waals surface area (Å²) in [6.45, 7) is 1.15. The topological polar surface area (TPSA) is 98.6 Å². The molecule has 0 unspecified atom stereocenters. The fourth-order valence-electron chi connectivity index (χ4n) is 2.58. The second kappa shape index (κ2) is 5.48. The largest absolute Gasteiger partial charge is 0.491 e. The smallest absolute Gasteiger partial charge is 0.335 e. The summed E-state index contributed by atoms with van der Waals surface area (Å²) in [5.74, 6) is -0.461. The molecule has 1 saturated carbocycles. The Labute approximate surface area is 112 Å². The van der Waals surface area contributed by atoms with Crippen molar-refractivity contribution >= 4 is 11.7 Å². The molecule has 104 valence electrons. The van der Waals surface area contributed by atoms with Gasteiger partial charge in [-0.15, -0.1) is 0 Å². The maximum absolute atomic E-state index is 10.8. The molecule has 19 heavy (non-hydrogen) atoms. The lowest BCUT2D eigenvalue weighted by atomic mass is 9.87. The van der Waals surface area contributed by atoms with Crippen LogP contribution in [0, 0.1) is 5.41 Å². The zero-order chi connectivity index (χ0) is 13.9. The van der Waals surface area contributed by atoms with E-state index < -0.39 is 5.97 Å². The second-order valence-electron chi connectivity index (χ2n) is 5.26. The number of hydrogen-bond acceptors (Lipinski definition) is 4. The van der Waals surface area contributed by atoms with E-state index in [1.165, 1.54) is 25.0 Å². The molecule has 0 spiro atoms. The van der Waals surface area contributed by atoms with Gasteiger partial charge in [-0.2, -0.15) is 0 Å². The van der Waals surface area contributed by atoms with Gasteiger partial charge in [0.05, 0.1) is 17.9 Å². The Balaban J connectivity index is 2.05. The molecule has 0 heterocycles. The number of ether oxygens (including phenoxy) is 1. The highest BCUT2D eigenvalue weighted by Gasteiger charge is 2.33. The summed E-state index contributed by atoms with van der Waals surface area (Å²) in [5, 5.41) is 8.87. The fourth-order valence-corrected chi connectivity index (χ4v) is 2.58. The summed E-state index contributed by atoms with van der Waals surface area (Å²) in [4.78, 5) is 10.8. The van der Waals surface area contributed by atoms with Crippen molar-refractivity contribution in [3.05, 3.63) is 23.8 Å². The monoisotopic (exact) mass is 264 g/mol. The van der Waals surface area contributed by atoms with Gasteiger partial charge in [0.2, 0.25) is 0 Å². The highest BCUT2D eigenvalue weighted by atomic mass is 16.5. The lowest BCUT2D eigenvalue weighted by molar-refractivity contribution is 0.0697. The number of rotatable bonds is 5. The van der Waals surface area contributed by atoms with Gasteiger partial charge in [0, 0.05) is 12.0 Å². The van der Waals surface area contributed by atoms with E-state index >= 15 is 0 Å². The molecule has 1 aromatic rings. The summed E-state index contributed by atoms with van der Waals surface area (Å²) in [7, 11) is 0. The van der Waals surface area contributed by atoms with Gasteiger partial charge in [-0.3, -0.25) is 0 Å². The SMILES string of the molecule is NCC1(COc2ccc(C(=O)O)cc2N)CCCC1. The van der Waals surface area contributed by atoms with Crippen molar-refractivity contribution in [2.24, 2.45) is 11.1 Å². The Hall–Kier alpha value is -1.75. The van der Waals surface area contributed by atoms with Crippen LogP contribution in [0.25, 0.3) is 0 Å². The van der Waals surface area contributed by atoms with Crippen molar-refractivity contribution in [1.29, 1.82) is 0 Å². The molecule has 0 aromatic heterocycles. The Morgan fingerprint density at radius 2 is 2.05 bits per heavy atom. The molecule has 5 heteroatoms. The van der Waals surface area contributed by atoms with Crippen LogP contribution in [0.3, 0.4) is 0 Å². The molecular weight excluding hydrogens is 244 g/mol. The van der Waals surface area contributed by atoms with Gasteiger partial charge in [0.15, 0.2) is 0 Å². The summed E-state index contributed by atoms with van der Waals surface area (Å²) in [5.41, 5.74) is 12.2. The van der Waals surface area contributed by atoms with Gasteiger partial charge < -0.3 is 21.3 Å². The quantitative estimate of drug-likeness (QED) is 0.705. The molecule has 1 aliphatic rings. The lowest BCUT2D eigenvalue weighted by Gasteiger charge is -2.27. The van der Waals surface area contributed by atoms with Crippen molar-refractivity contribution in [2.75, 3.05) is 18.9 Å². The molecule has 0 aliphatic heterocycles. The molecule has 0 saturated heterocycles. The van der Waals surface area contributed by atoms with E-state index in [1.807, 2.05) is 0 Å². The number of hydrogen-bond donors (Lipinski definition) is 3. The molecular formula is C14H20N2O3. The van der Waals surface area contributed by atoms with Crippen LogP contribution in [0.15, 0.2) is 18.2 Å². The minimum Gasteiger partial charge on any atom is -0.491 e. The third-order valence-electron chi connectivity index (χ3n) is 3.89. The molecule has 5 nitrogen and oxygen atoms in total. The number of benzene rings is 1. The number of anilines is 1. The summed E-state index contributed by atoms with van der Waals surface area (Å²) < 4.78 is 5.75. The normalized spacial score (nSPS) is 17.3. The summed E-state index contributed by atoms with van der Waals surface area (Å²) in [6, 6.07) is 4.52. The number of carbonyl (C=O) groups is 1. The van der Waals surface area contributed by atoms with Gasteiger partial charge in [-0.1, -0.05) is 12.8 Å². The summed E-state index contributed by atoms with van der Waals surface area (Å²) >= 11 is 0. The van der Waals surface area contributed by atoms with E-state index in [-0.39, 0.29) is 11.0 Å². The Morgan fingerprint density at radius 1 is 1.37 bits per heavy atom. The van der Waals surface area contributed by atoms with E-state index in [4.69, 9.17) is 21.3 Å². The van der Waals surface area contributed by atoms with Crippen LogP contribution >= 0.6 is 0 Å². The van der Waals surface area contributed by atoms with Crippen molar-refractivity contribution < 1.29 is 14.6 Å². The fraction of sp³-hybridized carbons (Fsp3) is 0.500. The molecule has 2 rings (SSSR count). The molecule has 0 bridgehead atoms. The van der Waals surface area contributed by atoms with Crippen LogP contribution in [0.2, 0.25) is 0 Å². The first-order valence-electron chi connectivity index (χ1n) is 6.52. The molecule has 1 aromatic carbocycles. The highest BCUT2D eigenvalue weighted by molar-refractivity contribution is 5.89. The van der Waals surface area contributed by atoms with Gasteiger partial charge in [-0.05, 0) is 31.0 Å². The van der Waals surface area contributed by atoms with E-state index in [0.29, 0.717) is 24.6 Å². The van der Waals surface area contributed by atoms with Gasteiger partial charge in [0.25, 0.3) is 0 Å². The van der Waals surface area contributed by atoms with Crippen molar-refractivity contribution in [1.82, 2.24) is 0 Å². The molecule has 0 amide bonds. The van der Waals surface area contributed by atoms with Gasteiger partial charge in [0.1, 0.15) is 5.75 Å². The average Bonchev–Trinajstić information content (AvgIpc) is 2.86. The van der Waals surface area contributed by atoms with Gasteiger partial charge >= 0.3 is 5.97 Å². The minimum atomic E-state index is -0.993. The lowest BCUT2D eigenvalue weighted by Crippen LogP contribution is -2.33. The second-order valence-corrected chi connectivity index (χ2v) is 5.26. The first kappa shape index (κ1) is 13.7. The van der Waals surface area contributed by atoms with Crippen LogP contribution in [-0.2, 0) is 0 Å². The highest BCUT2D eigenvalue weighted by Crippen LogP contribution is 2.38. The van der Waals surface area contributed by atoms with Crippen LogP contribution in [0.1, 0.15) is 36.0 Å². The third-order valence-corrected chi connectivity index (χ3v) is 3.89. The summed E-state index contributed by atoms with van der Waals surface area (Å²) in [6.07, 6.45) is 4.54. The zero-order valence-electron chi connectivity index (χ0n) is 10.9. The van der Waals surface area contributed by atoms with Crippen LogP contribution < -0.4 is 16.2 Å². The third kappa shape index (κ3) is 2.98. The first-order chi connectivity index (χ1) is 9.06. The number of nitrogen functional groups attached to an aromatic ring is 1. The van der Waals surface area contributed by atoms with Crippen LogP contribution in [0.4, 0.5) is 5.69 Å². The predicted octanol–water partition coefficient (Wildman–Crippen LogP) is 1.86. The van der Waals surface area contributed by atoms with E-state index in [9.17, 15) is 4.79 Å². The maximum atomic E-state index is 10.8. The molecule has 0 radical (unpaired) electrons. The zero-order valence-corrected chi connectivity index (χ0v) is 10.9. The van der Waals surface area contributed by atoms with E-state index in [2.05, 4.69) is 0 Å². The van der Waals surface area contributed by atoms with E-state index in [0.717, 1.165) is 12.8 Å². The van der Waals surface area contributed by atoms with E-state index in [1.54, 1.807) is 6.07 Å². The van der Waals surface area contributed by atoms with Crippen LogP contribution in [0.5, 0.6) is 5.75 Å². The van der Waals surface area contributed by atoms with Crippen molar-refractivity contribution in [2.45, 2.75) is 25.7 Å². The molecule has 5 N–H and O–H groups in total. The van der Waals surface area contributed by atoms with Crippen LogP contribution in [-0.4, -0.2) is 24.2 Å². The van der Waals surface area contributed by atoms with Crippen molar-refractivity contribution in [3.63, 3.8) is 0 Å². The maximum Gasteiger partial charge on any atom is 0.335 e. The minimum absolute atomic E-state index is 0.0535. The standard InChI is InChI=1S/C14H20N2O3/c15-8-14(5-1-2-6-14)9-19-12-4-3-10(13(17)18)7-11(12)16/h3-4,7H,1-2,5-6,8-9,15-16H2,(H,17,18). The molecule has 1 aliphatic carbocycles. The predicted molar refractivity (Wildman–Crippen MR) is 73.3 cm³/mol. The van der Waals surface area contributed by atoms with Crippen molar-refractivity contribution in [3.8, 4) is 5.75 Å². The Morgan fingerprint density at radius 3 is 2.58 bits per heavy atom.